The van der Waals surface area contributed by atoms with Gasteiger partial charge in [-0.1, -0.05) is 6.92 Å². The van der Waals surface area contributed by atoms with Crippen molar-refractivity contribution in [3.63, 3.8) is 0 Å². The average molecular weight is 117 g/mol. The third-order valence-corrected chi connectivity index (χ3v) is 1.29. The molecule has 0 heterocycles. The molecule has 1 unspecified atom stereocenters. The summed E-state index contributed by atoms with van der Waals surface area (Å²) in [4.78, 5) is 0. The summed E-state index contributed by atoms with van der Waals surface area (Å²) >= 11 is 0. The molecule has 0 saturated carbocycles. The van der Waals surface area contributed by atoms with Gasteiger partial charge in [-0.05, 0) is 6.42 Å². The molecule has 3 nitrogen and oxygen atoms in total. The molecular weight excluding hydrogens is 102 g/mol. The normalized spacial score (nSPS) is 18.0. The molecule has 0 amide bonds. The van der Waals surface area contributed by atoms with Crippen LogP contribution in [0, 0.1) is 0 Å². The minimum absolute atomic E-state index is 0.0278. The maximum atomic E-state index is 5.52. The second-order valence-corrected chi connectivity index (χ2v) is 1.97. The van der Waals surface area contributed by atoms with Gasteiger partial charge < -0.3 is 17.2 Å². The monoisotopic (exact) mass is 117 g/mol. The van der Waals surface area contributed by atoms with E-state index in [-0.39, 0.29) is 12.1 Å². The first-order valence-electron chi connectivity index (χ1n) is 2.93. The topological polar surface area (TPSA) is 78.1 Å². The van der Waals surface area contributed by atoms with E-state index in [4.69, 9.17) is 17.2 Å². The molecule has 6 N–H and O–H groups in total. The van der Waals surface area contributed by atoms with Gasteiger partial charge in [0.1, 0.15) is 0 Å². The summed E-state index contributed by atoms with van der Waals surface area (Å²) in [7, 11) is 0. The lowest BCUT2D eigenvalue weighted by atomic mass is 10.1. The van der Waals surface area contributed by atoms with Crippen molar-refractivity contribution in [1.82, 2.24) is 0 Å². The van der Waals surface area contributed by atoms with Gasteiger partial charge in [0.15, 0.2) is 0 Å². The van der Waals surface area contributed by atoms with E-state index in [1.807, 2.05) is 6.92 Å². The third-order valence-electron chi connectivity index (χ3n) is 1.29. The lowest BCUT2D eigenvalue weighted by molar-refractivity contribution is 0.519. The maximum Gasteiger partial charge on any atom is 0.0316 e. The van der Waals surface area contributed by atoms with Crippen molar-refractivity contribution in [2.45, 2.75) is 25.4 Å². The summed E-state index contributed by atoms with van der Waals surface area (Å²) in [6.45, 7) is 2.48. The Bertz CT molecular complexity index is 47.6. The fraction of sp³-hybridized carbons (Fsp3) is 1.00. The summed E-state index contributed by atoms with van der Waals surface area (Å²) in [5, 5.41) is 0. The van der Waals surface area contributed by atoms with Crippen molar-refractivity contribution < 1.29 is 0 Å². The molecule has 0 aromatic rings. The van der Waals surface area contributed by atoms with Gasteiger partial charge in [-0.15, -0.1) is 0 Å². The van der Waals surface area contributed by atoms with Crippen molar-refractivity contribution in [3.05, 3.63) is 0 Å². The number of rotatable bonds is 3. The van der Waals surface area contributed by atoms with Gasteiger partial charge in [0.2, 0.25) is 0 Å². The van der Waals surface area contributed by atoms with E-state index < -0.39 is 0 Å². The molecule has 50 valence electrons. The quantitative estimate of drug-likeness (QED) is 0.444. The second kappa shape index (κ2) is 3.83. The van der Waals surface area contributed by atoms with Crippen LogP contribution in [0.15, 0.2) is 0 Å². The van der Waals surface area contributed by atoms with Gasteiger partial charge in [0.05, 0.1) is 0 Å². The molecule has 0 fully saturated rings. The van der Waals surface area contributed by atoms with E-state index in [0.29, 0.717) is 6.54 Å². The highest BCUT2D eigenvalue weighted by atomic mass is 14.8. The van der Waals surface area contributed by atoms with Gasteiger partial charge in [-0.3, -0.25) is 0 Å². The van der Waals surface area contributed by atoms with E-state index >= 15 is 0 Å². The Labute approximate surface area is 50.2 Å². The Kier molecular flexibility index (Phi) is 3.77. The number of hydrogen-bond donors (Lipinski definition) is 3. The molecule has 0 aliphatic rings. The Balaban J connectivity index is 3.29. The van der Waals surface area contributed by atoms with E-state index in [1.165, 1.54) is 0 Å². The minimum atomic E-state index is -0.0278. The number of nitrogens with two attached hydrogens (primary N) is 3. The predicted molar refractivity (Wildman–Crippen MR) is 35.3 cm³/mol. The third kappa shape index (κ3) is 2.26. The van der Waals surface area contributed by atoms with Crippen molar-refractivity contribution in [2.24, 2.45) is 17.2 Å². The lowest BCUT2D eigenvalue weighted by Gasteiger charge is -2.14. The van der Waals surface area contributed by atoms with Crippen LogP contribution in [0.25, 0.3) is 0 Å². The average Bonchev–Trinajstić information content (AvgIpc) is 1.84. The summed E-state index contributed by atoms with van der Waals surface area (Å²) < 4.78 is 0. The van der Waals surface area contributed by atoms with E-state index in [0.717, 1.165) is 6.42 Å². The van der Waals surface area contributed by atoms with Crippen LogP contribution in [-0.4, -0.2) is 18.6 Å². The highest BCUT2D eigenvalue weighted by Gasteiger charge is 2.06. The molecule has 0 spiro atoms. The minimum Gasteiger partial charge on any atom is -0.329 e. The van der Waals surface area contributed by atoms with Crippen LogP contribution in [0.5, 0.6) is 0 Å². The predicted octanol–water partition coefficient (Wildman–Crippen LogP) is -0.990. The molecule has 0 aliphatic heterocycles. The second-order valence-electron chi connectivity index (χ2n) is 1.97. The summed E-state index contributed by atoms with van der Waals surface area (Å²) in [5.41, 5.74) is 16.2. The largest absolute Gasteiger partial charge is 0.329 e. The van der Waals surface area contributed by atoms with Gasteiger partial charge in [-0.2, -0.15) is 0 Å². The van der Waals surface area contributed by atoms with Crippen molar-refractivity contribution in [3.8, 4) is 0 Å². The Hall–Kier alpha value is -0.120. The van der Waals surface area contributed by atoms with Gasteiger partial charge >= 0.3 is 0 Å². The van der Waals surface area contributed by atoms with Crippen LogP contribution in [0.1, 0.15) is 13.3 Å². The van der Waals surface area contributed by atoms with Crippen LogP contribution < -0.4 is 17.2 Å². The molecule has 2 atom stereocenters. The van der Waals surface area contributed by atoms with Crippen molar-refractivity contribution >= 4 is 0 Å². The van der Waals surface area contributed by atoms with E-state index in [9.17, 15) is 0 Å². The smallest absolute Gasteiger partial charge is 0.0316 e. The Morgan fingerprint density at radius 3 is 1.88 bits per heavy atom. The molecule has 0 radical (unpaired) electrons. The fourth-order valence-electron chi connectivity index (χ4n) is 0.478. The van der Waals surface area contributed by atoms with Crippen LogP contribution in [0.4, 0.5) is 0 Å². The van der Waals surface area contributed by atoms with Crippen molar-refractivity contribution in [2.75, 3.05) is 6.54 Å². The number of hydrogen-bond acceptors (Lipinski definition) is 3. The zero-order chi connectivity index (χ0) is 6.57. The molecule has 0 aromatic carbocycles. The zero-order valence-electron chi connectivity index (χ0n) is 5.30. The van der Waals surface area contributed by atoms with Crippen molar-refractivity contribution in [1.29, 1.82) is 0 Å². The Morgan fingerprint density at radius 2 is 1.75 bits per heavy atom. The van der Waals surface area contributed by atoms with Crippen LogP contribution >= 0.6 is 0 Å². The van der Waals surface area contributed by atoms with Crippen LogP contribution in [0.3, 0.4) is 0 Å². The highest BCUT2D eigenvalue weighted by Crippen LogP contribution is 1.88. The first kappa shape index (κ1) is 7.88. The SMILES string of the molecule is CC[C@@H](N)C(N)CN. The summed E-state index contributed by atoms with van der Waals surface area (Å²) in [5.74, 6) is 0. The van der Waals surface area contributed by atoms with Gasteiger partial charge in [0.25, 0.3) is 0 Å². The molecule has 3 heteroatoms. The lowest BCUT2D eigenvalue weighted by Crippen LogP contribution is -2.45. The molecule has 0 rings (SSSR count). The highest BCUT2D eigenvalue weighted by molar-refractivity contribution is 4.74. The van der Waals surface area contributed by atoms with Crippen LogP contribution in [0.2, 0.25) is 0 Å². The molecule has 0 bridgehead atoms. The summed E-state index contributed by atoms with van der Waals surface area (Å²) in [6.07, 6.45) is 0.901. The van der Waals surface area contributed by atoms with E-state index in [1.54, 1.807) is 0 Å². The molecular formula is C5H15N3. The maximum absolute atomic E-state index is 5.52. The molecule has 0 aliphatic carbocycles. The fourth-order valence-corrected chi connectivity index (χ4v) is 0.478. The first-order chi connectivity index (χ1) is 3.72. The first-order valence-corrected chi connectivity index (χ1v) is 2.93. The molecule has 0 saturated heterocycles. The van der Waals surface area contributed by atoms with Gasteiger partial charge in [0, 0.05) is 18.6 Å². The van der Waals surface area contributed by atoms with Crippen LogP contribution in [-0.2, 0) is 0 Å². The zero-order valence-corrected chi connectivity index (χ0v) is 5.30. The van der Waals surface area contributed by atoms with Gasteiger partial charge in [-0.25, -0.2) is 0 Å². The standard InChI is InChI=1S/C5H15N3/c1-2-4(7)5(8)3-6/h4-5H,2-3,6-8H2,1H3/t4-,5?/m1/s1. The Morgan fingerprint density at radius 1 is 1.25 bits per heavy atom. The summed E-state index contributed by atoms with van der Waals surface area (Å²) in [6, 6.07) is 0.0417. The molecule has 0 aromatic heterocycles. The molecule has 8 heavy (non-hydrogen) atoms. The van der Waals surface area contributed by atoms with E-state index in [2.05, 4.69) is 0 Å².